The first kappa shape index (κ1) is 24.5. The Balaban J connectivity index is 1.42. The number of carboxylic acids is 1. The highest BCUT2D eigenvalue weighted by Gasteiger charge is 2.32. The summed E-state index contributed by atoms with van der Waals surface area (Å²) in [6, 6.07) is 16.4. The van der Waals surface area contributed by atoms with Crippen LogP contribution in [-0.4, -0.2) is 57.9 Å². The summed E-state index contributed by atoms with van der Waals surface area (Å²) in [7, 11) is 0. The van der Waals surface area contributed by atoms with E-state index >= 15 is 0 Å². The molecule has 2 aliphatic heterocycles. The number of carbonyl (C=O) groups is 1. The van der Waals surface area contributed by atoms with Crippen molar-refractivity contribution in [1.29, 1.82) is 0 Å². The molecule has 6 rings (SSSR count). The maximum absolute atomic E-state index is 11.8. The highest BCUT2D eigenvalue weighted by molar-refractivity contribution is 7.15. The van der Waals surface area contributed by atoms with E-state index < -0.39 is 12.0 Å². The Morgan fingerprint density at radius 1 is 1.03 bits per heavy atom. The summed E-state index contributed by atoms with van der Waals surface area (Å²) in [5.41, 5.74) is 7.38. The van der Waals surface area contributed by atoms with Crippen molar-refractivity contribution in [3.63, 3.8) is 0 Å². The molecular weight excluding hydrogens is 498 g/mol. The fourth-order valence-electron chi connectivity index (χ4n) is 5.21. The lowest BCUT2D eigenvalue weighted by molar-refractivity contribution is -0.137. The number of aliphatic carboxylic acids is 1. The summed E-state index contributed by atoms with van der Waals surface area (Å²) in [5, 5.41) is 19.3. The molecule has 0 unspecified atom stereocenters. The maximum atomic E-state index is 11.8. The van der Waals surface area contributed by atoms with Gasteiger partial charge in [-0.25, -0.2) is 0 Å². The van der Waals surface area contributed by atoms with Crippen molar-refractivity contribution in [2.45, 2.75) is 33.2 Å². The second-order valence-corrected chi connectivity index (χ2v) is 10.9. The minimum absolute atomic E-state index is 0.152. The van der Waals surface area contributed by atoms with Crippen LogP contribution in [0.15, 0.2) is 53.5 Å². The first-order chi connectivity index (χ1) is 18.4. The molecule has 4 aromatic rings. The Morgan fingerprint density at radius 3 is 2.50 bits per heavy atom. The average molecular weight is 528 g/mol. The zero-order valence-electron chi connectivity index (χ0n) is 21.6. The summed E-state index contributed by atoms with van der Waals surface area (Å²) >= 11 is 1.67. The number of rotatable bonds is 5. The Bertz CT molecular complexity index is 1550. The molecule has 1 saturated heterocycles. The van der Waals surface area contributed by atoms with E-state index in [1.807, 2.05) is 11.5 Å². The quantitative estimate of drug-likeness (QED) is 0.387. The predicted octanol–water partition coefficient (Wildman–Crippen LogP) is 5.12. The van der Waals surface area contributed by atoms with Gasteiger partial charge >= 0.3 is 5.97 Å². The largest absolute Gasteiger partial charge is 0.481 e. The average Bonchev–Trinajstić information content (AvgIpc) is 3.41. The van der Waals surface area contributed by atoms with Gasteiger partial charge in [-0.1, -0.05) is 36.4 Å². The fraction of sp³-hybridized carbons (Fsp3) is 0.310. The minimum atomic E-state index is -0.918. The third-order valence-corrected chi connectivity index (χ3v) is 8.51. The number of benzene rings is 2. The van der Waals surface area contributed by atoms with Crippen LogP contribution in [0.5, 0.6) is 0 Å². The first-order valence-electron chi connectivity index (χ1n) is 12.8. The van der Waals surface area contributed by atoms with Gasteiger partial charge in [-0.2, -0.15) is 0 Å². The van der Waals surface area contributed by atoms with Crippen molar-refractivity contribution >= 4 is 28.7 Å². The van der Waals surface area contributed by atoms with Crippen LogP contribution >= 0.6 is 11.3 Å². The van der Waals surface area contributed by atoms with Gasteiger partial charge in [0.15, 0.2) is 5.82 Å². The maximum Gasteiger partial charge on any atom is 0.306 e. The third-order valence-electron chi connectivity index (χ3n) is 7.32. The summed E-state index contributed by atoms with van der Waals surface area (Å²) in [4.78, 5) is 20.4. The smallest absolute Gasteiger partial charge is 0.306 e. The van der Waals surface area contributed by atoms with Crippen molar-refractivity contribution < 1.29 is 14.6 Å². The van der Waals surface area contributed by atoms with Crippen molar-refractivity contribution in [1.82, 2.24) is 14.8 Å². The molecule has 1 N–H and O–H groups in total. The van der Waals surface area contributed by atoms with Crippen molar-refractivity contribution in [2.75, 3.05) is 31.2 Å². The monoisotopic (exact) mass is 527 g/mol. The number of ether oxygens (including phenoxy) is 1. The minimum Gasteiger partial charge on any atom is -0.481 e. The summed E-state index contributed by atoms with van der Waals surface area (Å²) < 4.78 is 7.49. The molecule has 38 heavy (non-hydrogen) atoms. The predicted molar refractivity (Wildman–Crippen MR) is 149 cm³/mol. The van der Waals surface area contributed by atoms with Crippen LogP contribution in [0.1, 0.15) is 45.7 Å². The number of nitrogens with zero attached hydrogens (tertiary/aromatic N) is 5. The third kappa shape index (κ3) is 4.31. The molecule has 0 aliphatic carbocycles. The normalized spacial score (nSPS) is 17.0. The molecule has 1 atom stereocenters. The summed E-state index contributed by atoms with van der Waals surface area (Å²) in [5.74, 6) is 0.378. The van der Waals surface area contributed by atoms with Crippen molar-refractivity contribution in [2.24, 2.45) is 4.99 Å². The second-order valence-electron chi connectivity index (χ2n) is 9.72. The zero-order valence-corrected chi connectivity index (χ0v) is 22.5. The molecule has 2 aliphatic rings. The molecule has 0 bridgehead atoms. The van der Waals surface area contributed by atoms with E-state index in [0.29, 0.717) is 5.82 Å². The van der Waals surface area contributed by atoms with Gasteiger partial charge in [0, 0.05) is 34.8 Å². The molecule has 194 valence electrons. The SMILES string of the molecule is Cc1sc2c(c1C)C(c1ccc(-c3cccc(N4CCOCC4)c3)cc1)=N[C@@H](CC(=O)O)c1nnc(C)n1-2. The molecule has 2 aromatic heterocycles. The first-order valence-corrected chi connectivity index (χ1v) is 13.6. The molecule has 0 spiro atoms. The van der Waals surface area contributed by atoms with E-state index in [-0.39, 0.29) is 6.42 Å². The van der Waals surface area contributed by atoms with Crippen LogP contribution in [0.4, 0.5) is 5.69 Å². The number of anilines is 1. The number of aromatic nitrogens is 3. The van der Waals surface area contributed by atoms with Gasteiger partial charge in [0.1, 0.15) is 16.9 Å². The van der Waals surface area contributed by atoms with Crippen molar-refractivity contribution in [3.05, 3.63) is 81.7 Å². The Morgan fingerprint density at radius 2 is 1.76 bits per heavy atom. The van der Waals surface area contributed by atoms with Crippen LogP contribution in [0, 0.1) is 20.8 Å². The van der Waals surface area contributed by atoms with Crippen LogP contribution in [-0.2, 0) is 9.53 Å². The molecule has 9 heteroatoms. The molecule has 1 fully saturated rings. The lowest BCUT2D eigenvalue weighted by atomic mass is 9.97. The molecule has 2 aromatic carbocycles. The molecule has 8 nitrogen and oxygen atoms in total. The second kappa shape index (κ2) is 9.81. The van der Waals surface area contributed by atoms with E-state index in [0.717, 1.165) is 70.7 Å². The van der Waals surface area contributed by atoms with Gasteiger partial charge in [0.25, 0.3) is 0 Å². The Labute approximate surface area is 225 Å². The number of hydrogen-bond acceptors (Lipinski definition) is 7. The van der Waals surface area contributed by atoms with E-state index in [2.05, 4.69) is 77.5 Å². The van der Waals surface area contributed by atoms with E-state index in [4.69, 9.17) is 9.73 Å². The number of hydrogen-bond donors (Lipinski definition) is 1. The number of thiophene rings is 1. The number of aryl methyl sites for hydroxylation is 2. The van der Waals surface area contributed by atoms with E-state index in [1.165, 1.54) is 10.6 Å². The summed E-state index contributed by atoms with van der Waals surface area (Å²) in [6.45, 7) is 9.40. The van der Waals surface area contributed by atoms with Gasteiger partial charge < -0.3 is 14.7 Å². The van der Waals surface area contributed by atoms with Gasteiger partial charge in [-0.05, 0) is 49.6 Å². The van der Waals surface area contributed by atoms with Crippen molar-refractivity contribution in [3.8, 4) is 16.1 Å². The molecule has 0 amide bonds. The van der Waals surface area contributed by atoms with Crippen LogP contribution in [0.3, 0.4) is 0 Å². The standard InChI is InChI=1S/C29H29N5O3S/c1-17-18(2)38-29-26(17)27(30-24(16-25(35)36)28-32-31-19(3)34(28)29)21-9-7-20(8-10-21)22-5-4-6-23(15-22)33-11-13-37-14-12-33/h4-10,15,24H,11-14,16H2,1-3H3,(H,35,36)/t24-/m0/s1. The van der Waals surface area contributed by atoms with E-state index in [1.54, 1.807) is 11.3 Å². The van der Waals surface area contributed by atoms with Crippen LogP contribution in [0.25, 0.3) is 16.1 Å². The number of aliphatic imine (C=N–C) groups is 1. The highest BCUT2D eigenvalue weighted by atomic mass is 32.1. The Kier molecular flexibility index (Phi) is 6.33. The molecule has 4 heterocycles. The van der Waals surface area contributed by atoms with E-state index in [9.17, 15) is 9.90 Å². The fourth-order valence-corrected chi connectivity index (χ4v) is 6.43. The van der Waals surface area contributed by atoms with Gasteiger partial charge in [0.2, 0.25) is 0 Å². The van der Waals surface area contributed by atoms with Gasteiger partial charge in [-0.3, -0.25) is 14.4 Å². The molecule has 0 saturated carbocycles. The number of carboxylic acid groups (broad SMARTS) is 1. The zero-order chi connectivity index (χ0) is 26.4. The Hall–Kier alpha value is -3.82. The molecule has 0 radical (unpaired) electrons. The number of morpholine rings is 1. The lowest BCUT2D eigenvalue weighted by Crippen LogP contribution is -2.36. The van der Waals surface area contributed by atoms with Gasteiger partial charge in [0.05, 0.1) is 25.3 Å². The lowest BCUT2D eigenvalue weighted by Gasteiger charge is -2.29. The summed E-state index contributed by atoms with van der Waals surface area (Å²) in [6.07, 6.45) is -0.152. The number of fused-ring (bicyclic) bond motifs is 3. The topological polar surface area (TPSA) is 92.8 Å². The van der Waals surface area contributed by atoms with Gasteiger partial charge in [-0.15, -0.1) is 21.5 Å². The van der Waals surface area contributed by atoms with Crippen LogP contribution in [0.2, 0.25) is 0 Å². The highest BCUT2D eigenvalue weighted by Crippen LogP contribution is 2.39. The van der Waals surface area contributed by atoms with Crippen LogP contribution < -0.4 is 4.90 Å². The molecular formula is C29H29N5O3S.